The summed E-state index contributed by atoms with van der Waals surface area (Å²) >= 11 is 0. The maximum atomic E-state index is 11.1. The summed E-state index contributed by atoms with van der Waals surface area (Å²) in [5, 5.41) is 8.56. The van der Waals surface area contributed by atoms with E-state index in [0.29, 0.717) is 6.04 Å². The minimum absolute atomic E-state index is 0.433. The number of nitrogens with one attached hydrogen (secondary N) is 1. The first-order valence-corrected chi connectivity index (χ1v) is 9.58. The highest BCUT2D eigenvalue weighted by Gasteiger charge is 2.24. The molecule has 0 radical (unpaired) electrons. The predicted molar refractivity (Wildman–Crippen MR) is 109 cm³/mol. The highest BCUT2D eigenvalue weighted by molar-refractivity contribution is 5.91. The van der Waals surface area contributed by atoms with Crippen LogP contribution in [0.1, 0.15) is 23.6 Å². The maximum absolute atomic E-state index is 11.1. The smallest absolute Gasteiger partial charge is 0.267 e. The molecule has 6 nitrogen and oxygen atoms in total. The summed E-state index contributed by atoms with van der Waals surface area (Å²) in [6.07, 6.45) is 7.07. The Kier molecular flexibility index (Phi) is 5.50. The highest BCUT2D eigenvalue weighted by atomic mass is 16.5. The van der Waals surface area contributed by atoms with Crippen molar-refractivity contribution < 1.29 is 10.0 Å². The van der Waals surface area contributed by atoms with Crippen molar-refractivity contribution in [2.45, 2.75) is 18.9 Å². The standard InChI is InChI=1S/C22H24N4O2/c27-22(24-28)9-7-18-6-8-21-20(14-18)23-16-26(21)19-11-13-25(15-19)12-10-17-4-2-1-3-5-17/h1-9,14,16,19,28H,10-13,15H2,(H,24,27). The molecule has 1 fully saturated rings. The Hall–Kier alpha value is -2.96. The van der Waals surface area contributed by atoms with Gasteiger partial charge in [0.25, 0.3) is 5.91 Å². The van der Waals surface area contributed by atoms with Gasteiger partial charge in [0.1, 0.15) is 0 Å². The average molecular weight is 376 g/mol. The summed E-state index contributed by atoms with van der Waals surface area (Å²) in [6.45, 7) is 3.22. The van der Waals surface area contributed by atoms with Gasteiger partial charge in [-0.3, -0.25) is 10.0 Å². The van der Waals surface area contributed by atoms with Crippen LogP contribution in [0.15, 0.2) is 60.9 Å². The summed E-state index contributed by atoms with van der Waals surface area (Å²) in [6, 6.07) is 17.0. The van der Waals surface area contributed by atoms with E-state index >= 15 is 0 Å². The second-order valence-corrected chi connectivity index (χ2v) is 7.19. The first-order valence-electron chi connectivity index (χ1n) is 9.58. The lowest BCUT2D eigenvalue weighted by molar-refractivity contribution is -0.124. The lowest BCUT2D eigenvalue weighted by Gasteiger charge is -2.17. The first-order chi connectivity index (χ1) is 13.7. The van der Waals surface area contributed by atoms with E-state index in [1.54, 1.807) is 11.6 Å². The average Bonchev–Trinajstić information content (AvgIpc) is 3.37. The predicted octanol–water partition coefficient (Wildman–Crippen LogP) is 3.04. The fraction of sp³-hybridized carbons (Fsp3) is 0.273. The van der Waals surface area contributed by atoms with Gasteiger partial charge < -0.3 is 9.47 Å². The van der Waals surface area contributed by atoms with Crippen molar-refractivity contribution in [2.75, 3.05) is 19.6 Å². The molecule has 0 aliphatic carbocycles. The van der Waals surface area contributed by atoms with Crippen LogP contribution in [0.3, 0.4) is 0 Å². The van der Waals surface area contributed by atoms with Crippen LogP contribution >= 0.6 is 0 Å². The van der Waals surface area contributed by atoms with Gasteiger partial charge in [-0.05, 0) is 42.2 Å². The summed E-state index contributed by atoms with van der Waals surface area (Å²) in [7, 11) is 0. The molecule has 1 aliphatic rings. The van der Waals surface area contributed by atoms with Crippen molar-refractivity contribution in [2.24, 2.45) is 0 Å². The molecule has 6 heteroatoms. The molecule has 1 atom stereocenters. The van der Waals surface area contributed by atoms with Crippen molar-refractivity contribution in [3.05, 3.63) is 72.1 Å². The van der Waals surface area contributed by atoms with E-state index < -0.39 is 5.91 Å². The van der Waals surface area contributed by atoms with E-state index in [0.717, 1.165) is 49.1 Å². The number of carbonyl (C=O) groups is 1. The van der Waals surface area contributed by atoms with Crippen LogP contribution in [0.4, 0.5) is 0 Å². The number of nitrogens with zero attached hydrogens (tertiary/aromatic N) is 3. The first kappa shape index (κ1) is 18.4. The molecule has 4 rings (SSSR count). The second-order valence-electron chi connectivity index (χ2n) is 7.19. The van der Waals surface area contributed by atoms with Crippen molar-refractivity contribution in [1.82, 2.24) is 19.9 Å². The number of aromatic nitrogens is 2. The Bertz CT molecular complexity index is 981. The number of hydrogen-bond acceptors (Lipinski definition) is 4. The lowest BCUT2D eigenvalue weighted by atomic mass is 10.1. The van der Waals surface area contributed by atoms with Gasteiger partial charge >= 0.3 is 0 Å². The van der Waals surface area contributed by atoms with Crippen LogP contribution in [0.2, 0.25) is 0 Å². The molecule has 1 aliphatic heterocycles. The van der Waals surface area contributed by atoms with Gasteiger partial charge in [-0.2, -0.15) is 0 Å². The summed E-state index contributed by atoms with van der Waals surface area (Å²) in [4.78, 5) is 18.2. The SMILES string of the molecule is O=C(C=Cc1ccc2c(c1)ncn2C1CCN(CCc2ccccc2)C1)NO. The van der Waals surface area contributed by atoms with Gasteiger partial charge in [0.05, 0.1) is 17.4 Å². The van der Waals surface area contributed by atoms with Gasteiger partial charge in [0, 0.05) is 31.8 Å². The Balaban J connectivity index is 1.42. The number of benzene rings is 2. The van der Waals surface area contributed by atoms with Crippen LogP contribution < -0.4 is 5.48 Å². The largest absolute Gasteiger partial charge is 0.326 e. The molecular weight excluding hydrogens is 352 g/mol. The third-order valence-corrected chi connectivity index (χ3v) is 5.34. The van der Waals surface area contributed by atoms with E-state index in [9.17, 15) is 4.79 Å². The summed E-state index contributed by atoms with van der Waals surface area (Å²) in [5.41, 5.74) is 5.87. The zero-order chi connectivity index (χ0) is 19.3. The van der Waals surface area contributed by atoms with E-state index in [-0.39, 0.29) is 0 Å². The molecule has 1 saturated heterocycles. The molecule has 28 heavy (non-hydrogen) atoms. The van der Waals surface area contributed by atoms with E-state index in [1.165, 1.54) is 11.6 Å². The summed E-state index contributed by atoms with van der Waals surface area (Å²) < 4.78 is 2.27. The quantitative estimate of drug-likeness (QED) is 0.394. The number of rotatable bonds is 6. The van der Waals surface area contributed by atoms with Gasteiger partial charge in [-0.15, -0.1) is 0 Å². The number of hydrogen-bond donors (Lipinski definition) is 2. The van der Waals surface area contributed by atoms with Gasteiger partial charge in [-0.1, -0.05) is 36.4 Å². The Morgan fingerprint density at radius 1 is 1.25 bits per heavy atom. The number of fused-ring (bicyclic) bond motifs is 1. The van der Waals surface area contributed by atoms with Crippen molar-refractivity contribution in [3.63, 3.8) is 0 Å². The molecule has 1 amide bonds. The number of likely N-dealkylation sites (tertiary alicyclic amines) is 1. The van der Waals surface area contributed by atoms with E-state index in [1.807, 2.05) is 24.5 Å². The maximum Gasteiger partial charge on any atom is 0.267 e. The normalized spacial score (nSPS) is 17.5. The van der Waals surface area contributed by atoms with E-state index in [2.05, 4.69) is 44.8 Å². The minimum atomic E-state index is -0.549. The molecular formula is C22H24N4O2. The highest BCUT2D eigenvalue weighted by Crippen LogP contribution is 2.26. The molecule has 0 bridgehead atoms. The Morgan fingerprint density at radius 2 is 2.11 bits per heavy atom. The number of amides is 1. The topological polar surface area (TPSA) is 70.4 Å². The second kappa shape index (κ2) is 8.37. The van der Waals surface area contributed by atoms with Crippen LogP contribution in [0.5, 0.6) is 0 Å². The third-order valence-electron chi connectivity index (χ3n) is 5.34. The molecule has 0 saturated carbocycles. The van der Waals surface area contributed by atoms with E-state index in [4.69, 9.17) is 5.21 Å². The fourth-order valence-electron chi connectivity index (χ4n) is 3.83. The molecule has 2 aromatic carbocycles. The molecule has 2 N–H and O–H groups in total. The molecule has 1 aromatic heterocycles. The Morgan fingerprint density at radius 3 is 2.93 bits per heavy atom. The number of hydroxylamine groups is 1. The van der Waals surface area contributed by atoms with Crippen molar-refractivity contribution in [1.29, 1.82) is 0 Å². The molecule has 0 spiro atoms. The van der Waals surface area contributed by atoms with Gasteiger partial charge in [0.2, 0.25) is 0 Å². The van der Waals surface area contributed by atoms with Crippen LogP contribution in [-0.4, -0.2) is 45.2 Å². The van der Waals surface area contributed by atoms with Crippen LogP contribution in [0, 0.1) is 0 Å². The van der Waals surface area contributed by atoms with Crippen LogP contribution in [0.25, 0.3) is 17.1 Å². The van der Waals surface area contributed by atoms with Crippen LogP contribution in [-0.2, 0) is 11.2 Å². The minimum Gasteiger partial charge on any atom is -0.326 e. The van der Waals surface area contributed by atoms with Crippen molar-refractivity contribution >= 4 is 23.0 Å². The monoisotopic (exact) mass is 376 g/mol. The molecule has 144 valence electrons. The zero-order valence-electron chi connectivity index (χ0n) is 15.7. The van der Waals surface area contributed by atoms with Gasteiger partial charge in [0.15, 0.2) is 0 Å². The molecule has 3 aromatic rings. The van der Waals surface area contributed by atoms with Gasteiger partial charge in [-0.25, -0.2) is 10.5 Å². The van der Waals surface area contributed by atoms with Crippen molar-refractivity contribution in [3.8, 4) is 0 Å². The third kappa shape index (κ3) is 4.13. The summed E-state index contributed by atoms with van der Waals surface area (Å²) in [5.74, 6) is -0.549. The number of imidazole rings is 1. The molecule has 2 heterocycles. The fourth-order valence-corrected chi connectivity index (χ4v) is 3.83. The Labute approximate surface area is 164 Å². The zero-order valence-corrected chi connectivity index (χ0v) is 15.7. The lowest BCUT2D eigenvalue weighted by Crippen LogP contribution is -2.24. The number of carbonyl (C=O) groups excluding carboxylic acids is 1. The molecule has 1 unspecified atom stereocenters.